The molecule has 0 unspecified atom stereocenters. The lowest BCUT2D eigenvalue weighted by molar-refractivity contribution is -0.133. The number of hydrogen-bond acceptors (Lipinski definition) is 3. The van der Waals surface area contributed by atoms with Crippen molar-refractivity contribution in [3.63, 3.8) is 0 Å². The Balaban J connectivity index is 2.05. The van der Waals surface area contributed by atoms with Crippen LogP contribution in [0.4, 0.5) is 0 Å². The third-order valence-corrected chi connectivity index (χ3v) is 4.61. The second-order valence-corrected chi connectivity index (χ2v) is 6.21. The minimum atomic E-state index is -1.19. The molecule has 116 valence electrons. The molecule has 4 heteroatoms. The predicted octanol–water partition coefficient (Wildman–Crippen LogP) is 2.17. The molecule has 2 rings (SSSR count). The van der Waals surface area contributed by atoms with Crippen LogP contribution in [0, 0.1) is 5.92 Å². The van der Waals surface area contributed by atoms with E-state index in [1.807, 2.05) is 13.0 Å². The van der Waals surface area contributed by atoms with Crippen molar-refractivity contribution in [2.45, 2.75) is 50.7 Å². The van der Waals surface area contributed by atoms with Crippen LogP contribution in [-0.2, 0) is 4.79 Å². The molecule has 1 aromatic rings. The van der Waals surface area contributed by atoms with Gasteiger partial charge in [0.1, 0.15) is 0 Å². The molecule has 2 atom stereocenters. The maximum absolute atomic E-state index is 12.3. The zero-order valence-corrected chi connectivity index (χ0v) is 12.6. The molecule has 21 heavy (non-hydrogen) atoms. The van der Waals surface area contributed by atoms with E-state index >= 15 is 0 Å². The topological polar surface area (TPSA) is 69.6 Å². The lowest BCUT2D eigenvalue weighted by Crippen LogP contribution is -2.55. The summed E-state index contributed by atoms with van der Waals surface area (Å²) in [5, 5.41) is 22.8. The van der Waals surface area contributed by atoms with Crippen LogP contribution in [-0.4, -0.2) is 28.3 Å². The second-order valence-electron chi connectivity index (χ2n) is 6.21. The highest BCUT2D eigenvalue weighted by atomic mass is 16.3. The second kappa shape index (κ2) is 7.05. The van der Waals surface area contributed by atoms with Gasteiger partial charge in [-0.3, -0.25) is 4.79 Å². The minimum Gasteiger partial charge on any atom is -0.394 e. The predicted molar refractivity (Wildman–Crippen MR) is 81.6 cm³/mol. The molecule has 0 bridgehead atoms. The summed E-state index contributed by atoms with van der Waals surface area (Å²) in [6.45, 7) is 1.77. The van der Waals surface area contributed by atoms with E-state index in [2.05, 4.69) is 5.32 Å². The Morgan fingerprint density at radius 2 is 1.90 bits per heavy atom. The van der Waals surface area contributed by atoms with E-state index in [0.29, 0.717) is 5.56 Å². The summed E-state index contributed by atoms with van der Waals surface area (Å²) in [7, 11) is 0. The number of nitrogens with one attached hydrogen (secondary N) is 1. The van der Waals surface area contributed by atoms with Crippen LogP contribution in [0.5, 0.6) is 0 Å². The van der Waals surface area contributed by atoms with Gasteiger partial charge in [-0.05, 0) is 31.2 Å². The number of aliphatic hydroxyl groups excluding tert-OH is 2. The van der Waals surface area contributed by atoms with E-state index < -0.39 is 17.6 Å². The van der Waals surface area contributed by atoms with Gasteiger partial charge in [-0.2, -0.15) is 0 Å². The van der Waals surface area contributed by atoms with Gasteiger partial charge in [-0.1, -0.05) is 49.6 Å². The fourth-order valence-corrected chi connectivity index (χ4v) is 3.15. The SMILES string of the molecule is C[C@](CO)(NC(=O)[C@H](O)c1ccccc1)C1CCCCC1. The maximum atomic E-state index is 12.3. The van der Waals surface area contributed by atoms with Gasteiger partial charge in [0.2, 0.25) is 0 Å². The zero-order chi connectivity index (χ0) is 15.3. The maximum Gasteiger partial charge on any atom is 0.253 e. The average Bonchev–Trinajstić information content (AvgIpc) is 2.55. The number of carbonyl (C=O) groups excluding carboxylic acids is 1. The van der Waals surface area contributed by atoms with Gasteiger partial charge in [-0.25, -0.2) is 0 Å². The molecule has 0 radical (unpaired) electrons. The zero-order valence-electron chi connectivity index (χ0n) is 12.6. The molecule has 0 heterocycles. The molecule has 0 saturated heterocycles. The highest BCUT2D eigenvalue weighted by molar-refractivity contribution is 5.82. The molecule has 0 aromatic heterocycles. The van der Waals surface area contributed by atoms with Crippen molar-refractivity contribution in [3.8, 4) is 0 Å². The first-order valence-corrected chi connectivity index (χ1v) is 7.73. The van der Waals surface area contributed by atoms with E-state index in [1.54, 1.807) is 24.3 Å². The first-order valence-electron chi connectivity index (χ1n) is 7.73. The molecular formula is C17H25NO3. The van der Waals surface area contributed by atoms with Gasteiger partial charge in [0.25, 0.3) is 5.91 Å². The van der Waals surface area contributed by atoms with Crippen molar-refractivity contribution in [3.05, 3.63) is 35.9 Å². The van der Waals surface area contributed by atoms with Crippen molar-refractivity contribution in [1.29, 1.82) is 0 Å². The summed E-state index contributed by atoms with van der Waals surface area (Å²) in [6, 6.07) is 8.87. The lowest BCUT2D eigenvalue weighted by atomic mass is 9.76. The van der Waals surface area contributed by atoms with Crippen LogP contribution in [0.25, 0.3) is 0 Å². The summed E-state index contributed by atoms with van der Waals surface area (Å²) in [6.07, 6.45) is 4.32. The Morgan fingerprint density at radius 3 is 2.48 bits per heavy atom. The molecule has 0 aliphatic heterocycles. The average molecular weight is 291 g/mol. The summed E-state index contributed by atoms with van der Waals surface area (Å²) >= 11 is 0. The van der Waals surface area contributed by atoms with Crippen LogP contribution in [0.15, 0.2) is 30.3 Å². The third-order valence-electron chi connectivity index (χ3n) is 4.61. The number of hydrogen-bond donors (Lipinski definition) is 3. The largest absolute Gasteiger partial charge is 0.394 e. The van der Waals surface area contributed by atoms with E-state index in [4.69, 9.17) is 0 Å². The molecular weight excluding hydrogens is 266 g/mol. The molecule has 1 aromatic carbocycles. The van der Waals surface area contributed by atoms with Crippen LogP contribution in [0.3, 0.4) is 0 Å². The van der Waals surface area contributed by atoms with Gasteiger partial charge in [-0.15, -0.1) is 0 Å². The number of carbonyl (C=O) groups is 1. The normalized spacial score (nSPS) is 20.5. The first kappa shape index (κ1) is 16.0. The molecule has 0 spiro atoms. The fourth-order valence-electron chi connectivity index (χ4n) is 3.15. The summed E-state index contributed by atoms with van der Waals surface area (Å²) in [5.74, 6) is -0.175. The van der Waals surface area contributed by atoms with E-state index in [0.717, 1.165) is 25.7 Å². The molecule has 1 aliphatic rings. The molecule has 1 amide bonds. The Morgan fingerprint density at radius 1 is 1.29 bits per heavy atom. The van der Waals surface area contributed by atoms with Gasteiger partial charge >= 0.3 is 0 Å². The van der Waals surface area contributed by atoms with Crippen LogP contribution < -0.4 is 5.32 Å². The number of benzene rings is 1. The van der Waals surface area contributed by atoms with Crippen molar-refractivity contribution < 1.29 is 15.0 Å². The Hall–Kier alpha value is -1.39. The number of aliphatic hydroxyl groups is 2. The van der Waals surface area contributed by atoms with Crippen molar-refractivity contribution in [2.75, 3.05) is 6.61 Å². The lowest BCUT2D eigenvalue weighted by Gasteiger charge is -2.39. The Kier molecular flexibility index (Phi) is 5.37. The third kappa shape index (κ3) is 3.83. The Bertz CT molecular complexity index is 456. The highest BCUT2D eigenvalue weighted by Crippen LogP contribution is 2.32. The van der Waals surface area contributed by atoms with Gasteiger partial charge in [0, 0.05) is 0 Å². The van der Waals surface area contributed by atoms with Gasteiger partial charge < -0.3 is 15.5 Å². The van der Waals surface area contributed by atoms with Crippen molar-refractivity contribution >= 4 is 5.91 Å². The minimum absolute atomic E-state index is 0.106. The highest BCUT2D eigenvalue weighted by Gasteiger charge is 2.37. The summed E-state index contributed by atoms with van der Waals surface area (Å²) in [4.78, 5) is 12.3. The number of amides is 1. The van der Waals surface area contributed by atoms with E-state index in [-0.39, 0.29) is 12.5 Å². The van der Waals surface area contributed by atoms with E-state index in [9.17, 15) is 15.0 Å². The van der Waals surface area contributed by atoms with Crippen LogP contribution in [0.2, 0.25) is 0 Å². The molecule has 1 saturated carbocycles. The molecule has 1 aliphatic carbocycles. The van der Waals surface area contributed by atoms with Crippen molar-refractivity contribution in [1.82, 2.24) is 5.32 Å². The quantitative estimate of drug-likeness (QED) is 0.778. The number of rotatable bonds is 5. The van der Waals surface area contributed by atoms with Gasteiger partial charge in [0.05, 0.1) is 12.1 Å². The fraction of sp³-hybridized carbons (Fsp3) is 0.588. The van der Waals surface area contributed by atoms with Gasteiger partial charge in [0.15, 0.2) is 6.10 Å². The molecule has 4 nitrogen and oxygen atoms in total. The summed E-state index contributed by atoms with van der Waals surface area (Å²) in [5.41, 5.74) is -0.0910. The smallest absolute Gasteiger partial charge is 0.253 e. The standard InChI is InChI=1S/C17H25NO3/c1-17(12-19,14-10-6-3-7-11-14)18-16(21)15(20)13-8-4-2-5-9-13/h2,4-5,8-9,14-15,19-20H,3,6-7,10-12H2,1H3,(H,18,21)/t15-,17-/m1/s1. The summed E-state index contributed by atoms with van der Waals surface area (Å²) < 4.78 is 0. The van der Waals surface area contributed by atoms with Crippen molar-refractivity contribution in [2.24, 2.45) is 5.92 Å². The Labute approximate surface area is 126 Å². The van der Waals surface area contributed by atoms with Crippen LogP contribution >= 0.6 is 0 Å². The monoisotopic (exact) mass is 291 g/mol. The first-order chi connectivity index (χ1) is 10.1. The molecule has 1 fully saturated rings. The van der Waals surface area contributed by atoms with Crippen LogP contribution in [0.1, 0.15) is 50.7 Å². The molecule has 3 N–H and O–H groups in total. The van der Waals surface area contributed by atoms with E-state index in [1.165, 1.54) is 6.42 Å².